The molecule has 3 aliphatic rings. The number of rotatable bonds is 6. The number of anilines is 1. The van der Waals surface area contributed by atoms with Crippen LogP contribution in [0.25, 0.3) is 0 Å². The summed E-state index contributed by atoms with van der Waals surface area (Å²) >= 11 is 0. The lowest BCUT2D eigenvalue weighted by atomic mass is 9.83. The van der Waals surface area contributed by atoms with Gasteiger partial charge in [-0.1, -0.05) is 11.6 Å². The Bertz CT molecular complexity index is 1400. The van der Waals surface area contributed by atoms with E-state index >= 15 is 0 Å². The minimum atomic E-state index is -5.03. The number of hydrogen-bond donors (Lipinski definition) is 2. The second-order valence-electron chi connectivity index (χ2n) is 10.7. The topological polar surface area (TPSA) is 76.7 Å². The number of hydrogen-bond acceptors (Lipinski definition) is 4. The van der Waals surface area contributed by atoms with Crippen LogP contribution in [0.3, 0.4) is 0 Å². The maximum Gasteiger partial charge on any atom is 0.419 e. The fourth-order valence-electron chi connectivity index (χ4n) is 6.41. The molecule has 5 rings (SSSR count). The molecule has 2 amide bonds. The minimum absolute atomic E-state index is 0.0436. The van der Waals surface area contributed by atoms with Crippen LogP contribution in [0.4, 0.5) is 36.4 Å². The molecule has 5 atom stereocenters. The SMILES string of the molecule is COc1ccc(C2CCOC2)cc1C(=O)N[C@H]1[C@@H](C(=O)Nc2ccc(F)c(C(F)(F)F)c2)[C@H]2CC[C@@H]1/C2=C\C(F)(F)F. The van der Waals surface area contributed by atoms with Crippen molar-refractivity contribution in [2.24, 2.45) is 17.8 Å². The van der Waals surface area contributed by atoms with Crippen molar-refractivity contribution in [2.75, 3.05) is 25.6 Å². The molecular weight excluding hydrogens is 573 g/mol. The Hall–Kier alpha value is -3.61. The molecule has 1 saturated heterocycles. The largest absolute Gasteiger partial charge is 0.496 e. The molecule has 2 bridgehead atoms. The summed E-state index contributed by atoms with van der Waals surface area (Å²) in [4.78, 5) is 27.0. The van der Waals surface area contributed by atoms with E-state index in [0.29, 0.717) is 25.3 Å². The third-order valence-corrected chi connectivity index (χ3v) is 8.24. The molecule has 2 N–H and O–H groups in total. The van der Waals surface area contributed by atoms with Crippen LogP contribution in [0.1, 0.15) is 46.7 Å². The summed E-state index contributed by atoms with van der Waals surface area (Å²) in [6.07, 6.45) is -8.35. The van der Waals surface area contributed by atoms with Gasteiger partial charge >= 0.3 is 12.4 Å². The molecule has 42 heavy (non-hydrogen) atoms. The first kappa shape index (κ1) is 29.9. The number of carbonyl (C=O) groups is 2. The van der Waals surface area contributed by atoms with Crippen LogP contribution in [-0.2, 0) is 15.7 Å². The Balaban J connectivity index is 1.46. The molecule has 2 aromatic rings. The van der Waals surface area contributed by atoms with Gasteiger partial charge in [0.15, 0.2) is 0 Å². The van der Waals surface area contributed by atoms with Gasteiger partial charge in [-0.3, -0.25) is 9.59 Å². The Kier molecular flexibility index (Phi) is 7.99. The number of amides is 2. The van der Waals surface area contributed by atoms with E-state index in [9.17, 15) is 40.3 Å². The van der Waals surface area contributed by atoms with E-state index in [1.165, 1.54) is 7.11 Å². The number of ether oxygens (including phenoxy) is 2. The van der Waals surface area contributed by atoms with Gasteiger partial charge in [-0.2, -0.15) is 26.3 Å². The zero-order chi connectivity index (χ0) is 30.4. The molecule has 226 valence electrons. The molecule has 1 heterocycles. The third-order valence-electron chi connectivity index (χ3n) is 8.24. The van der Waals surface area contributed by atoms with Gasteiger partial charge in [0.1, 0.15) is 11.6 Å². The number of fused-ring (bicyclic) bond motifs is 2. The lowest BCUT2D eigenvalue weighted by Crippen LogP contribution is -2.48. The first-order valence-corrected chi connectivity index (χ1v) is 13.3. The first-order chi connectivity index (χ1) is 19.8. The van der Waals surface area contributed by atoms with E-state index in [0.717, 1.165) is 18.1 Å². The van der Waals surface area contributed by atoms with E-state index in [2.05, 4.69) is 10.6 Å². The molecule has 2 aliphatic carbocycles. The highest BCUT2D eigenvalue weighted by molar-refractivity contribution is 5.99. The summed E-state index contributed by atoms with van der Waals surface area (Å²) in [6, 6.07) is 5.83. The van der Waals surface area contributed by atoms with Crippen LogP contribution >= 0.6 is 0 Å². The monoisotopic (exact) mass is 600 g/mol. The number of nitrogens with one attached hydrogen (secondary N) is 2. The molecule has 0 radical (unpaired) electrons. The van der Waals surface area contributed by atoms with Crippen molar-refractivity contribution in [3.63, 3.8) is 0 Å². The second-order valence-corrected chi connectivity index (χ2v) is 10.7. The Morgan fingerprint density at radius 2 is 1.74 bits per heavy atom. The van der Waals surface area contributed by atoms with E-state index in [1.807, 2.05) is 0 Å². The molecular formula is C29H27F7N2O4. The van der Waals surface area contributed by atoms with Gasteiger partial charge in [0.2, 0.25) is 5.91 Å². The van der Waals surface area contributed by atoms with Crippen molar-refractivity contribution in [2.45, 2.75) is 43.6 Å². The van der Waals surface area contributed by atoms with E-state index < -0.39 is 59.3 Å². The van der Waals surface area contributed by atoms with Gasteiger partial charge in [0, 0.05) is 36.2 Å². The minimum Gasteiger partial charge on any atom is -0.496 e. The number of alkyl halides is 6. The molecule has 13 heteroatoms. The average Bonchev–Trinajstić information content (AvgIpc) is 3.64. The van der Waals surface area contributed by atoms with Crippen molar-refractivity contribution < 1.29 is 49.8 Å². The van der Waals surface area contributed by atoms with Crippen LogP contribution in [0, 0.1) is 23.6 Å². The lowest BCUT2D eigenvalue weighted by Gasteiger charge is -2.30. The smallest absolute Gasteiger partial charge is 0.419 e. The number of carbonyl (C=O) groups excluding carboxylic acids is 2. The second kappa shape index (κ2) is 11.2. The number of halogens is 7. The van der Waals surface area contributed by atoms with Gasteiger partial charge in [-0.15, -0.1) is 0 Å². The normalized spacial score (nSPS) is 26.5. The van der Waals surface area contributed by atoms with Crippen LogP contribution < -0.4 is 15.4 Å². The number of methoxy groups -OCH3 is 1. The number of allylic oxidation sites excluding steroid dienone is 1. The van der Waals surface area contributed by atoms with Gasteiger partial charge in [0.05, 0.1) is 30.8 Å². The zero-order valence-corrected chi connectivity index (χ0v) is 22.2. The Labute approximate surface area is 236 Å². The third kappa shape index (κ3) is 5.97. The molecule has 6 nitrogen and oxygen atoms in total. The molecule has 2 aromatic carbocycles. The predicted molar refractivity (Wildman–Crippen MR) is 136 cm³/mol. The van der Waals surface area contributed by atoms with Crippen molar-refractivity contribution in [3.05, 3.63) is 70.6 Å². The molecule has 0 spiro atoms. The van der Waals surface area contributed by atoms with Crippen LogP contribution in [0.15, 0.2) is 48.0 Å². The summed E-state index contributed by atoms with van der Waals surface area (Å²) in [7, 11) is 1.36. The van der Waals surface area contributed by atoms with E-state index in [4.69, 9.17) is 9.47 Å². The zero-order valence-electron chi connectivity index (χ0n) is 22.2. The van der Waals surface area contributed by atoms with Crippen LogP contribution in [0.5, 0.6) is 5.75 Å². The van der Waals surface area contributed by atoms with Crippen LogP contribution in [-0.4, -0.2) is 44.4 Å². The Morgan fingerprint density at radius 1 is 1.00 bits per heavy atom. The highest BCUT2D eigenvalue weighted by atomic mass is 19.4. The molecule has 1 aliphatic heterocycles. The van der Waals surface area contributed by atoms with Crippen molar-refractivity contribution in [1.82, 2.24) is 5.32 Å². The average molecular weight is 601 g/mol. The fraction of sp³-hybridized carbons (Fsp3) is 0.448. The molecule has 2 saturated carbocycles. The highest BCUT2D eigenvalue weighted by Crippen LogP contribution is 2.54. The van der Waals surface area contributed by atoms with Gasteiger partial charge < -0.3 is 20.1 Å². The van der Waals surface area contributed by atoms with Crippen LogP contribution in [0.2, 0.25) is 0 Å². The van der Waals surface area contributed by atoms with Crippen molar-refractivity contribution in [1.29, 1.82) is 0 Å². The first-order valence-electron chi connectivity index (χ1n) is 13.3. The number of benzene rings is 2. The molecule has 1 unspecified atom stereocenters. The summed E-state index contributed by atoms with van der Waals surface area (Å²) in [5.41, 5.74) is -1.09. The van der Waals surface area contributed by atoms with E-state index in [1.54, 1.807) is 18.2 Å². The quantitative estimate of drug-likeness (QED) is 0.304. The predicted octanol–water partition coefficient (Wildman–Crippen LogP) is 6.24. The summed E-state index contributed by atoms with van der Waals surface area (Å²) in [5, 5.41) is 5.04. The van der Waals surface area contributed by atoms with Gasteiger partial charge in [-0.25, -0.2) is 4.39 Å². The Morgan fingerprint density at radius 3 is 2.38 bits per heavy atom. The van der Waals surface area contributed by atoms with Crippen molar-refractivity contribution in [3.8, 4) is 5.75 Å². The van der Waals surface area contributed by atoms with Gasteiger partial charge in [-0.05, 0) is 61.1 Å². The lowest BCUT2D eigenvalue weighted by molar-refractivity contribution is -0.140. The summed E-state index contributed by atoms with van der Waals surface area (Å²) in [5.74, 6) is -5.79. The van der Waals surface area contributed by atoms with Crippen molar-refractivity contribution >= 4 is 17.5 Å². The summed E-state index contributed by atoms with van der Waals surface area (Å²) < 4.78 is 105. The fourth-order valence-corrected chi connectivity index (χ4v) is 6.41. The molecule has 0 aromatic heterocycles. The maximum atomic E-state index is 13.8. The summed E-state index contributed by atoms with van der Waals surface area (Å²) in [6.45, 7) is 1.03. The maximum absolute atomic E-state index is 13.8. The standard InChI is InChI=1S/C29H27F7N2O4/c1-41-23-7-2-14(15-8-9-42-13-15)10-19(23)26(39)38-25-18-5-4-17(20(18)12-28(31,32)33)24(25)27(40)37-16-3-6-22(30)21(11-16)29(34,35)36/h2-3,6-7,10-12,15,17-18,24-25H,4-5,8-9,13H2,1H3,(H,37,40)(H,38,39)/b20-12-/t15?,17-,18+,24-,25+/m0/s1. The van der Waals surface area contributed by atoms with Gasteiger partial charge in [0.25, 0.3) is 5.91 Å². The highest BCUT2D eigenvalue weighted by Gasteiger charge is 2.55. The van der Waals surface area contributed by atoms with E-state index in [-0.39, 0.29) is 47.4 Å². The molecule has 3 fully saturated rings.